The third-order valence-corrected chi connectivity index (χ3v) is 6.50. The number of methoxy groups -OCH3 is 1. The number of aromatic nitrogens is 1. The monoisotopic (exact) mass is 441 g/mol. The minimum Gasteiger partial charge on any atom is -0.497 e. The lowest BCUT2D eigenvalue weighted by molar-refractivity contribution is 0.0953. The van der Waals surface area contributed by atoms with Crippen molar-refractivity contribution in [3.05, 3.63) is 77.1 Å². The van der Waals surface area contributed by atoms with Crippen LogP contribution in [0.1, 0.15) is 27.3 Å². The Labute approximate surface area is 183 Å². The van der Waals surface area contributed by atoms with Gasteiger partial charge in [-0.1, -0.05) is 23.8 Å². The van der Waals surface area contributed by atoms with E-state index >= 15 is 0 Å². The first-order valence-electron chi connectivity index (χ1n) is 9.91. The van der Waals surface area contributed by atoms with Gasteiger partial charge in [0.2, 0.25) is 10.0 Å². The molecule has 2 N–H and O–H groups in total. The first kappa shape index (κ1) is 22.6. The molecule has 1 amide bonds. The van der Waals surface area contributed by atoms with Crippen molar-refractivity contribution in [3.63, 3.8) is 0 Å². The van der Waals surface area contributed by atoms with Crippen LogP contribution in [0.2, 0.25) is 0 Å². The number of nitrogens with zero attached hydrogens (tertiary/aromatic N) is 1. The minimum atomic E-state index is -3.61. The Bertz CT molecular complexity index is 1180. The van der Waals surface area contributed by atoms with Crippen molar-refractivity contribution >= 4 is 15.9 Å². The van der Waals surface area contributed by atoms with Crippen LogP contribution < -0.4 is 14.8 Å². The van der Waals surface area contributed by atoms with Crippen LogP contribution in [0.15, 0.2) is 59.5 Å². The zero-order chi connectivity index (χ0) is 22.6. The Morgan fingerprint density at radius 1 is 1.00 bits per heavy atom. The van der Waals surface area contributed by atoms with Gasteiger partial charge in [-0.25, -0.2) is 13.1 Å². The van der Waals surface area contributed by atoms with Gasteiger partial charge in [0.05, 0.1) is 17.6 Å². The average Bonchev–Trinajstić information content (AvgIpc) is 3.05. The number of hydrogen-bond donors (Lipinski definition) is 2. The Kier molecular flexibility index (Phi) is 6.82. The summed E-state index contributed by atoms with van der Waals surface area (Å²) in [7, 11) is -2.00. The number of sulfonamides is 1. The lowest BCUT2D eigenvalue weighted by Crippen LogP contribution is -2.34. The second-order valence-corrected chi connectivity index (χ2v) is 9.06. The summed E-state index contributed by atoms with van der Waals surface area (Å²) >= 11 is 0. The second-order valence-electron chi connectivity index (χ2n) is 7.29. The fourth-order valence-electron chi connectivity index (χ4n) is 3.40. The summed E-state index contributed by atoms with van der Waals surface area (Å²) in [4.78, 5) is 12.9. The lowest BCUT2D eigenvalue weighted by Gasteiger charge is -2.11. The summed E-state index contributed by atoms with van der Waals surface area (Å²) < 4.78 is 34.4. The van der Waals surface area contributed by atoms with Crippen molar-refractivity contribution in [2.24, 2.45) is 0 Å². The fourth-order valence-corrected chi connectivity index (χ4v) is 4.43. The summed E-state index contributed by atoms with van der Waals surface area (Å²) in [5.41, 5.74) is 4.14. The third kappa shape index (κ3) is 5.15. The van der Waals surface area contributed by atoms with E-state index < -0.39 is 10.0 Å². The third-order valence-electron chi connectivity index (χ3n) is 5.02. The highest BCUT2D eigenvalue weighted by Crippen LogP contribution is 2.23. The fraction of sp³-hybridized carbons (Fsp3) is 0.261. The van der Waals surface area contributed by atoms with Crippen molar-refractivity contribution in [2.75, 3.05) is 20.2 Å². The molecule has 0 spiro atoms. The molecule has 31 heavy (non-hydrogen) atoms. The van der Waals surface area contributed by atoms with Crippen LogP contribution >= 0.6 is 0 Å². The van der Waals surface area contributed by atoms with E-state index in [-0.39, 0.29) is 23.9 Å². The number of aryl methyl sites for hydroxylation is 2. The molecule has 1 aromatic heterocycles. The molecule has 1 heterocycles. The molecule has 0 unspecified atom stereocenters. The SMILES string of the molecule is COc1cccc(-n2c(C)cc(C(=O)NCCNS(=O)(=O)c3ccc(C)cc3)c2C)c1. The molecule has 2 aromatic carbocycles. The highest BCUT2D eigenvalue weighted by molar-refractivity contribution is 7.89. The number of carbonyl (C=O) groups excluding carboxylic acids is 1. The molecule has 7 nitrogen and oxygen atoms in total. The molecule has 0 aliphatic rings. The van der Waals surface area contributed by atoms with Gasteiger partial charge in [-0.05, 0) is 51.1 Å². The van der Waals surface area contributed by atoms with Gasteiger partial charge in [0.15, 0.2) is 0 Å². The molecule has 0 aliphatic heterocycles. The molecule has 0 radical (unpaired) electrons. The van der Waals surface area contributed by atoms with Crippen LogP contribution in [-0.2, 0) is 10.0 Å². The lowest BCUT2D eigenvalue weighted by atomic mass is 10.2. The Hall–Kier alpha value is -3.10. The van der Waals surface area contributed by atoms with E-state index in [0.717, 1.165) is 28.4 Å². The van der Waals surface area contributed by atoms with Gasteiger partial charge in [-0.3, -0.25) is 4.79 Å². The number of carbonyl (C=O) groups is 1. The van der Waals surface area contributed by atoms with Crippen LogP contribution in [0.25, 0.3) is 5.69 Å². The molecule has 3 rings (SSSR count). The number of nitrogens with one attached hydrogen (secondary N) is 2. The van der Waals surface area contributed by atoms with E-state index in [0.29, 0.717) is 5.56 Å². The zero-order valence-corrected chi connectivity index (χ0v) is 18.9. The smallest absolute Gasteiger partial charge is 0.253 e. The van der Waals surface area contributed by atoms with Crippen LogP contribution in [0, 0.1) is 20.8 Å². The summed E-state index contributed by atoms with van der Waals surface area (Å²) in [5, 5.41) is 2.78. The van der Waals surface area contributed by atoms with Crippen molar-refractivity contribution in [1.29, 1.82) is 0 Å². The molecule has 3 aromatic rings. The number of ether oxygens (including phenoxy) is 1. The largest absolute Gasteiger partial charge is 0.497 e. The van der Waals surface area contributed by atoms with Crippen molar-refractivity contribution in [1.82, 2.24) is 14.6 Å². The van der Waals surface area contributed by atoms with Crippen molar-refractivity contribution in [2.45, 2.75) is 25.7 Å². The topological polar surface area (TPSA) is 89.4 Å². The quantitative estimate of drug-likeness (QED) is 0.526. The molecular weight excluding hydrogens is 414 g/mol. The van der Waals surface area contributed by atoms with Crippen LogP contribution in [0.5, 0.6) is 5.75 Å². The molecule has 164 valence electrons. The summed E-state index contributed by atoms with van der Waals surface area (Å²) in [5.74, 6) is 0.480. The van der Waals surface area contributed by atoms with E-state index in [4.69, 9.17) is 4.74 Å². The molecule has 0 atom stereocenters. The molecule has 8 heteroatoms. The molecule has 0 aliphatic carbocycles. The van der Waals surface area contributed by atoms with Crippen LogP contribution in [0.4, 0.5) is 0 Å². The van der Waals surface area contributed by atoms with Gasteiger partial charge in [0.1, 0.15) is 5.75 Å². The maximum atomic E-state index is 12.7. The van der Waals surface area contributed by atoms with Gasteiger partial charge in [0, 0.05) is 36.2 Å². The van der Waals surface area contributed by atoms with Gasteiger partial charge in [-0.15, -0.1) is 0 Å². The van der Waals surface area contributed by atoms with E-state index in [1.165, 1.54) is 0 Å². The van der Waals surface area contributed by atoms with Crippen LogP contribution in [-0.4, -0.2) is 39.1 Å². The standard InChI is InChI=1S/C23H27N3O4S/c1-16-8-10-21(11-9-16)31(28,29)25-13-12-24-23(27)22-14-17(2)26(18(22)3)19-6-5-7-20(15-19)30-4/h5-11,14-15,25H,12-13H2,1-4H3,(H,24,27). The Morgan fingerprint density at radius 2 is 1.71 bits per heavy atom. The van der Waals surface area contributed by atoms with E-state index in [1.807, 2.05) is 55.7 Å². The Balaban J connectivity index is 1.64. The molecular formula is C23H27N3O4S. The van der Waals surface area contributed by atoms with Gasteiger partial charge in [0.25, 0.3) is 5.91 Å². The van der Waals surface area contributed by atoms with Crippen molar-refractivity contribution in [3.8, 4) is 11.4 Å². The van der Waals surface area contributed by atoms with Gasteiger partial charge >= 0.3 is 0 Å². The molecule has 0 fully saturated rings. The van der Waals surface area contributed by atoms with E-state index in [1.54, 1.807) is 31.4 Å². The average molecular weight is 442 g/mol. The Morgan fingerprint density at radius 3 is 2.39 bits per heavy atom. The summed E-state index contributed by atoms with van der Waals surface area (Å²) in [6.45, 7) is 5.97. The minimum absolute atomic E-state index is 0.0938. The van der Waals surface area contributed by atoms with E-state index in [2.05, 4.69) is 10.0 Å². The number of benzene rings is 2. The normalized spacial score (nSPS) is 11.4. The number of hydrogen-bond acceptors (Lipinski definition) is 4. The molecule has 0 bridgehead atoms. The second kappa shape index (κ2) is 9.36. The summed E-state index contributed by atoms with van der Waals surface area (Å²) in [6, 6.07) is 16.0. The van der Waals surface area contributed by atoms with Crippen LogP contribution in [0.3, 0.4) is 0 Å². The first-order chi connectivity index (χ1) is 14.7. The van der Waals surface area contributed by atoms with Gasteiger partial charge < -0.3 is 14.6 Å². The first-order valence-corrected chi connectivity index (χ1v) is 11.4. The van der Waals surface area contributed by atoms with Crippen molar-refractivity contribution < 1.29 is 17.9 Å². The van der Waals surface area contributed by atoms with E-state index in [9.17, 15) is 13.2 Å². The predicted octanol–water partition coefficient (Wildman–Crippen LogP) is 3.12. The predicted molar refractivity (Wildman–Crippen MR) is 120 cm³/mol. The highest BCUT2D eigenvalue weighted by Gasteiger charge is 2.17. The maximum Gasteiger partial charge on any atom is 0.253 e. The number of amides is 1. The zero-order valence-electron chi connectivity index (χ0n) is 18.1. The molecule has 0 saturated heterocycles. The number of rotatable bonds is 8. The summed E-state index contributed by atoms with van der Waals surface area (Å²) in [6.07, 6.45) is 0. The molecule has 0 saturated carbocycles. The highest BCUT2D eigenvalue weighted by atomic mass is 32.2. The van der Waals surface area contributed by atoms with Gasteiger partial charge in [-0.2, -0.15) is 0 Å². The maximum absolute atomic E-state index is 12.7.